The third kappa shape index (κ3) is 7.56. The zero-order chi connectivity index (χ0) is 28.3. The number of hydrogen-bond acceptors (Lipinski definition) is 9. The van der Waals surface area contributed by atoms with E-state index in [-0.39, 0.29) is 35.7 Å². The van der Waals surface area contributed by atoms with Gasteiger partial charge in [0, 0.05) is 24.7 Å². The SMILES string of the molecule is COC(=O)C1CCC(Nc2cc(C)c(-c3ccc(C(F)(F)F)cc3O)nn2)CN1CCC(=O)OC(C)(C)C. The summed E-state index contributed by atoms with van der Waals surface area (Å²) in [6.07, 6.45) is -3.33. The molecular formula is C26H33F3N4O5. The van der Waals surface area contributed by atoms with Crippen LogP contribution in [0.25, 0.3) is 11.3 Å². The van der Waals surface area contributed by atoms with Gasteiger partial charge in [-0.15, -0.1) is 10.2 Å². The summed E-state index contributed by atoms with van der Waals surface area (Å²) < 4.78 is 49.1. The zero-order valence-electron chi connectivity index (χ0n) is 22.1. The van der Waals surface area contributed by atoms with Gasteiger partial charge in [-0.2, -0.15) is 13.2 Å². The molecule has 12 heteroatoms. The second-order valence-electron chi connectivity index (χ2n) is 10.3. The van der Waals surface area contributed by atoms with E-state index in [1.54, 1.807) is 33.8 Å². The number of carbonyl (C=O) groups is 2. The molecule has 9 nitrogen and oxygen atoms in total. The van der Waals surface area contributed by atoms with Gasteiger partial charge in [0.2, 0.25) is 0 Å². The van der Waals surface area contributed by atoms with E-state index in [0.29, 0.717) is 43.4 Å². The number of aromatic nitrogens is 2. The molecule has 1 aliphatic heterocycles. The summed E-state index contributed by atoms with van der Waals surface area (Å²) in [6, 6.07) is 3.80. The van der Waals surface area contributed by atoms with Crippen molar-refractivity contribution < 1.29 is 37.3 Å². The summed E-state index contributed by atoms with van der Waals surface area (Å²) in [6.45, 7) is 7.82. The number of methoxy groups -OCH3 is 1. The minimum Gasteiger partial charge on any atom is -0.507 e. The first-order chi connectivity index (χ1) is 17.7. The average Bonchev–Trinajstić information content (AvgIpc) is 2.81. The Kier molecular flexibility index (Phi) is 8.86. The lowest BCUT2D eigenvalue weighted by atomic mass is 9.97. The molecule has 0 bridgehead atoms. The van der Waals surface area contributed by atoms with Crippen LogP contribution < -0.4 is 5.32 Å². The largest absolute Gasteiger partial charge is 0.507 e. The number of nitrogens with one attached hydrogen (secondary N) is 1. The van der Waals surface area contributed by atoms with Crippen LogP contribution in [0.3, 0.4) is 0 Å². The Morgan fingerprint density at radius 1 is 1.16 bits per heavy atom. The Hall–Kier alpha value is -3.41. The van der Waals surface area contributed by atoms with Crippen molar-refractivity contribution in [2.75, 3.05) is 25.5 Å². The number of piperidine rings is 1. The summed E-state index contributed by atoms with van der Waals surface area (Å²) in [7, 11) is 1.33. The molecule has 1 saturated heterocycles. The number of rotatable bonds is 7. The summed E-state index contributed by atoms with van der Waals surface area (Å²) in [5, 5.41) is 21.7. The van der Waals surface area contributed by atoms with Crippen molar-refractivity contribution in [1.82, 2.24) is 15.1 Å². The molecule has 2 atom stereocenters. The number of esters is 2. The minimum atomic E-state index is -4.57. The van der Waals surface area contributed by atoms with Gasteiger partial charge in [0.05, 0.1) is 24.8 Å². The molecule has 1 aromatic heterocycles. The van der Waals surface area contributed by atoms with Crippen LogP contribution in [0.4, 0.5) is 19.0 Å². The Morgan fingerprint density at radius 2 is 1.87 bits per heavy atom. The fourth-order valence-electron chi connectivity index (χ4n) is 4.38. The Bertz CT molecular complexity index is 1170. The Labute approximate surface area is 219 Å². The van der Waals surface area contributed by atoms with Crippen molar-refractivity contribution in [2.45, 2.75) is 70.8 Å². The number of phenolic OH excluding ortho intramolecular Hbond substituents is 1. The topological polar surface area (TPSA) is 114 Å². The number of likely N-dealkylation sites (tertiary alicyclic amines) is 1. The highest BCUT2D eigenvalue weighted by molar-refractivity contribution is 5.76. The van der Waals surface area contributed by atoms with Gasteiger partial charge >= 0.3 is 18.1 Å². The molecule has 2 N–H and O–H groups in total. The quantitative estimate of drug-likeness (QED) is 0.498. The highest BCUT2D eigenvalue weighted by Crippen LogP contribution is 2.37. The number of phenols is 1. The van der Waals surface area contributed by atoms with Crippen LogP contribution in [0.1, 0.15) is 51.2 Å². The van der Waals surface area contributed by atoms with Gasteiger partial charge in [0.15, 0.2) is 0 Å². The van der Waals surface area contributed by atoms with Crippen LogP contribution in [0.5, 0.6) is 5.75 Å². The number of carbonyl (C=O) groups excluding carboxylic acids is 2. The van der Waals surface area contributed by atoms with Crippen molar-refractivity contribution in [2.24, 2.45) is 0 Å². The molecule has 2 heterocycles. The van der Waals surface area contributed by atoms with Gasteiger partial charge in [0.1, 0.15) is 23.2 Å². The number of alkyl halides is 3. The van der Waals surface area contributed by atoms with E-state index < -0.39 is 29.1 Å². The lowest BCUT2D eigenvalue weighted by Gasteiger charge is -2.38. The second-order valence-corrected chi connectivity index (χ2v) is 10.3. The van der Waals surface area contributed by atoms with Crippen molar-refractivity contribution in [3.63, 3.8) is 0 Å². The maximum atomic E-state index is 12.9. The fraction of sp³-hybridized carbons (Fsp3) is 0.538. The molecule has 38 heavy (non-hydrogen) atoms. The van der Waals surface area contributed by atoms with Crippen molar-refractivity contribution in [1.29, 1.82) is 0 Å². The molecule has 1 aromatic carbocycles. The van der Waals surface area contributed by atoms with E-state index in [4.69, 9.17) is 9.47 Å². The van der Waals surface area contributed by atoms with Gasteiger partial charge in [-0.25, -0.2) is 0 Å². The highest BCUT2D eigenvalue weighted by atomic mass is 19.4. The second kappa shape index (κ2) is 11.5. The number of aromatic hydroxyl groups is 1. The van der Waals surface area contributed by atoms with Crippen LogP contribution >= 0.6 is 0 Å². The fourth-order valence-corrected chi connectivity index (χ4v) is 4.38. The summed E-state index contributed by atoms with van der Waals surface area (Å²) in [4.78, 5) is 26.4. The van der Waals surface area contributed by atoms with E-state index in [9.17, 15) is 27.9 Å². The van der Waals surface area contributed by atoms with E-state index in [0.717, 1.165) is 6.07 Å². The molecule has 0 amide bonds. The number of benzene rings is 1. The van der Waals surface area contributed by atoms with Crippen molar-refractivity contribution >= 4 is 17.8 Å². The molecule has 2 unspecified atom stereocenters. The number of ether oxygens (including phenoxy) is 2. The monoisotopic (exact) mass is 538 g/mol. The van der Waals surface area contributed by atoms with E-state index in [2.05, 4.69) is 15.5 Å². The first kappa shape index (κ1) is 29.2. The average molecular weight is 539 g/mol. The number of halogens is 3. The molecular weight excluding hydrogens is 505 g/mol. The number of anilines is 1. The van der Waals surface area contributed by atoms with Crippen LogP contribution in [0.2, 0.25) is 0 Å². The smallest absolute Gasteiger partial charge is 0.416 e. The lowest BCUT2D eigenvalue weighted by Crippen LogP contribution is -2.52. The first-order valence-electron chi connectivity index (χ1n) is 12.2. The predicted molar refractivity (Wildman–Crippen MR) is 133 cm³/mol. The standard InChI is InChI=1S/C26H33F3N4O5/c1-15-12-21(31-32-23(15)18-8-6-16(13-20(18)34)26(27,28)29)30-17-7-9-19(24(36)37-5)33(14-17)11-10-22(35)38-25(2,3)4/h6,8,12-13,17,19,34H,7,9-11,14H2,1-5H3,(H,30,31). The number of nitrogens with zero attached hydrogens (tertiary/aromatic N) is 3. The molecule has 1 aliphatic rings. The zero-order valence-corrected chi connectivity index (χ0v) is 22.1. The van der Waals surface area contributed by atoms with E-state index in [1.807, 2.05) is 4.90 Å². The van der Waals surface area contributed by atoms with Gasteiger partial charge in [-0.3, -0.25) is 14.5 Å². The Morgan fingerprint density at radius 3 is 2.45 bits per heavy atom. The van der Waals surface area contributed by atoms with Crippen molar-refractivity contribution in [3.05, 3.63) is 35.4 Å². The normalized spacial score (nSPS) is 18.6. The van der Waals surface area contributed by atoms with E-state index >= 15 is 0 Å². The third-order valence-corrected chi connectivity index (χ3v) is 6.10. The number of hydrogen-bond donors (Lipinski definition) is 2. The molecule has 2 aromatic rings. The van der Waals surface area contributed by atoms with Crippen LogP contribution in [0.15, 0.2) is 24.3 Å². The van der Waals surface area contributed by atoms with Crippen molar-refractivity contribution in [3.8, 4) is 17.0 Å². The number of aryl methyl sites for hydroxylation is 1. The molecule has 1 fully saturated rings. The van der Waals surface area contributed by atoms with Crippen LogP contribution in [-0.4, -0.2) is 70.0 Å². The van der Waals surface area contributed by atoms with E-state index in [1.165, 1.54) is 13.2 Å². The molecule has 0 aliphatic carbocycles. The third-order valence-electron chi connectivity index (χ3n) is 6.10. The summed E-state index contributed by atoms with van der Waals surface area (Å²) in [5.41, 5.74) is -0.564. The molecule has 0 radical (unpaired) electrons. The maximum Gasteiger partial charge on any atom is 0.416 e. The lowest BCUT2D eigenvalue weighted by molar-refractivity contribution is -0.157. The van der Waals surface area contributed by atoms with Gasteiger partial charge in [0.25, 0.3) is 0 Å². The van der Waals surface area contributed by atoms with Gasteiger partial charge in [-0.05, 0) is 70.4 Å². The molecule has 3 rings (SSSR count). The summed E-state index contributed by atoms with van der Waals surface area (Å²) in [5.74, 6) is -0.838. The van der Waals surface area contributed by atoms with Gasteiger partial charge in [-0.1, -0.05) is 0 Å². The Balaban J connectivity index is 1.71. The van der Waals surface area contributed by atoms with Gasteiger partial charge < -0.3 is 19.9 Å². The molecule has 0 saturated carbocycles. The molecule has 0 spiro atoms. The maximum absolute atomic E-state index is 12.9. The van der Waals surface area contributed by atoms with Crippen LogP contribution in [-0.2, 0) is 25.2 Å². The predicted octanol–water partition coefficient (Wildman–Crippen LogP) is 4.33. The summed E-state index contributed by atoms with van der Waals surface area (Å²) >= 11 is 0. The first-order valence-corrected chi connectivity index (χ1v) is 12.2. The molecule has 208 valence electrons. The highest BCUT2D eigenvalue weighted by Gasteiger charge is 2.35. The minimum absolute atomic E-state index is 0.113. The van der Waals surface area contributed by atoms with Crippen LogP contribution in [0, 0.1) is 6.92 Å².